The molecule has 0 radical (unpaired) electrons. The second-order valence-electron chi connectivity index (χ2n) is 7.83. The molecule has 0 aliphatic carbocycles. The average molecular weight is 487 g/mol. The van der Waals surface area contributed by atoms with Gasteiger partial charge in [0.05, 0.1) is 36.1 Å². The number of Topliss-reactive ketones (excluding diaryl/α,β-unsaturated/α-hetero) is 1. The van der Waals surface area contributed by atoms with Gasteiger partial charge in [-0.3, -0.25) is 14.0 Å². The zero-order valence-electron chi connectivity index (χ0n) is 19.3. The van der Waals surface area contributed by atoms with Crippen molar-refractivity contribution < 1.29 is 14.3 Å². The van der Waals surface area contributed by atoms with Crippen LogP contribution in [0.25, 0.3) is 22.4 Å². The molecule has 8 nitrogen and oxygen atoms in total. The number of hydrogen-bond acceptors (Lipinski definition) is 7. The quantitative estimate of drug-likeness (QED) is 0.249. The van der Waals surface area contributed by atoms with Crippen LogP contribution >= 0.6 is 11.8 Å². The molecule has 5 rings (SSSR count). The van der Waals surface area contributed by atoms with Gasteiger partial charge in [-0.15, -0.1) is 10.2 Å². The summed E-state index contributed by atoms with van der Waals surface area (Å²) in [6, 6.07) is 21.5. The molecule has 0 saturated carbocycles. The first-order valence-corrected chi connectivity index (χ1v) is 11.8. The Balaban J connectivity index is 1.63. The lowest BCUT2D eigenvalue weighted by molar-refractivity contribution is 0.0994. The first-order valence-electron chi connectivity index (χ1n) is 10.9. The molecule has 35 heavy (non-hydrogen) atoms. The van der Waals surface area contributed by atoms with E-state index in [1.54, 1.807) is 50.6 Å². The summed E-state index contributed by atoms with van der Waals surface area (Å²) >= 11 is 1.29. The van der Waals surface area contributed by atoms with Crippen molar-refractivity contribution in [3.8, 4) is 17.2 Å². The van der Waals surface area contributed by atoms with Gasteiger partial charge in [0.1, 0.15) is 11.5 Å². The van der Waals surface area contributed by atoms with Crippen LogP contribution < -0.4 is 15.0 Å². The maximum Gasteiger partial charge on any atom is 0.267 e. The van der Waals surface area contributed by atoms with E-state index >= 15 is 0 Å². The van der Waals surface area contributed by atoms with Crippen LogP contribution in [0.2, 0.25) is 0 Å². The Bertz CT molecular complexity index is 1610. The third-order valence-electron chi connectivity index (χ3n) is 5.73. The molecule has 1 atom stereocenters. The summed E-state index contributed by atoms with van der Waals surface area (Å²) < 4.78 is 13.9. The van der Waals surface area contributed by atoms with E-state index in [0.717, 1.165) is 0 Å². The van der Waals surface area contributed by atoms with E-state index in [1.807, 2.05) is 47.7 Å². The molecular formula is C26H22N4O4S. The van der Waals surface area contributed by atoms with Crippen molar-refractivity contribution in [1.29, 1.82) is 0 Å². The number of ketones is 1. The van der Waals surface area contributed by atoms with Crippen molar-refractivity contribution in [1.82, 2.24) is 19.2 Å². The Morgan fingerprint density at radius 3 is 2.40 bits per heavy atom. The molecule has 2 heterocycles. The molecule has 2 aromatic heterocycles. The van der Waals surface area contributed by atoms with E-state index in [1.165, 1.54) is 16.3 Å². The van der Waals surface area contributed by atoms with Crippen LogP contribution in [0.5, 0.6) is 11.5 Å². The summed E-state index contributed by atoms with van der Waals surface area (Å²) in [6.07, 6.45) is 0. The summed E-state index contributed by atoms with van der Waals surface area (Å²) in [4.78, 5) is 26.6. The minimum atomic E-state index is -0.438. The molecule has 3 aromatic carbocycles. The summed E-state index contributed by atoms with van der Waals surface area (Å²) in [6.45, 7) is 1.83. The van der Waals surface area contributed by atoms with E-state index in [2.05, 4.69) is 10.2 Å². The number of aromatic nitrogens is 4. The van der Waals surface area contributed by atoms with Gasteiger partial charge in [0.2, 0.25) is 5.78 Å². The number of rotatable bonds is 7. The zero-order chi connectivity index (χ0) is 24.5. The summed E-state index contributed by atoms with van der Waals surface area (Å²) in [5, 5.41) is 9.32. The Morgan fingerprint density at radius 2 is 1.66 bits per heavy atom. The van der Waals surface area contributed by atoms with Gasteiger partial charge in [0, 0.05) is 11.6 Å². The number of carbonyl (C=O) groups excluding carboxylic acids is 1. The fraction of sp³-hybridized carbons (Fsp3) is 0.154. The number of para-hydroxylation sites is 1. The average Bonchev–Trinajstić information content (AvgIpc) is 3.31. The largest absolute Gasteiger partial charge is 0.497 e. The lowest BCUT2D eigenvalue weighted by Crippen LogP contribution is -2.22. The van der Waals surface area contributed by atoms with Crippen molar-refractivity contribution in [2.75, 3.05) is 14.2 Å². The predicted molar refractivity (Wildman–Crippen MR) is 135 cm³/mol. The minimum absolute atomic E-state index is 0.0418. The molecule has 0 saturated heterocycles. The predicted octanol–water partition coefficient (Wildman–Crippen LogP) is 4.41. The van der Waals surface area contributed by atoms with Crippen molar-refractivity contribution in [2.45, 2.75) is 17.3 Å². The Labute approximate surface area is 205 Å². The number of nitrogens with zero attached hydrogens (tertiary/aromatic N) is 4. The number of carbonyl (C=O) groups is 1. The van der Waals surface area contributed by atoms with Crippen molar-refractivity contribution >= 4 is 34.2 Å². The van der Waals surface area contributed by atoms with Gasteiger partial charge in [0.25, 0.3) is 5.56 Å². The highest BCUT2D eigenvalue weighted by Crippen LogP contribution is 2.28. The number of ether oxygens (including phenoxy) is 2. The second-order valence-corrected chi connectivity index (χ2v) is 9.14. The van der Waals surface area contributed by atoms with Crippen LogP contribution in [-0.4, -0.2) is 44.4 Å². The van der Waals surface area contributed by atoms with Crippen LogP contribution in [0.15, 0.2) is 82.7 Å². The van der Waals surface area contributed by atoms with Crippen molar-refractivity contribution in [2.24, 2.45) is 0 Å². The van der Waals surface area contributed by atoms with E-state index in [9.17, 15) is 9.59 Å². The molecule has 0 aliphatic rings. The summed E-state index contributed by atoms with van der Waals surface area (Å²) in [5.41, 5.74) is 1.64. The molecule has 5 aromatic rings. The first-order chi connectivity index (χ1) is 17.0. The van der Waals surface area contributed by atoms with E-state index in [-0.39, 0.29) is 11.3 Å². The molecule has 9 heteroatoms. The minimum Gasteiger partial charge on any atom is -0.497 e. The molecule has 0 fully saturated rings. The van der Waals surface area contributed by atoms with Crippen molar-refractivity contribution in [3.63, 3.8) is 0 Å². The number of methoxy groups -OCH3 is 2. The Hall–Kier alpha value is -4.11. The van der Waals surface area contributed by atoms with E-state index in [4.69, 9.17) is 9.47 Å². The monoisotopic (exact) mass is 486 g/mol. The molecule has 0 N–H and O–H groups in total. The third kappa shape index (κ3) is 4.04. The Morgan fingerprint density at radius 1 is 0.914 bits per heavy atom. The van der Waals surface area contributed by atoms with E-state index in [0.29, 0.717) is 44.6 Å². The molecule has 1 unspecified atom stereocenters. The van der Waals surface area contributed by atoms with Gasteiger partial charge in [-0.1, -0.05) is 30.0 Å². The van der Waals surface area contributed by atoms with Gasteiger partial charge in [-0.05, 0) is 55.5 Å². The van der Waals surface area contributed by atoms with Gasteiger partial charge in [-0.2, -0.15) is 0 Å². The van der Waals surface area contributed by atoms with Crippen LogP contribution in [0.3, 0.4) is 0 Å². The standard InChI is InChI=1S/C26H22N4O4S/c1-16(23(31)17-11-13-19(33-2)14-12-17)35-26-28-27-25-29(18-7-6-8-20(15-18)34-3)24(32)21-9-4-5-10-22(21)30(25)26/h4-16H,1-3H3. The molecular weight excluding hydrogens is 464 g/mol. The zero-order valence-corrected chi connectivity index (χ0v) is 20.2. The highest BCUT2D eigenvalue weighted by atomic mass is 32.2. The van der Waals surface area contributed by atoms with Crippen molar-refractivity contribution in [3.05, 3.63) is 88.7 Å². The van der Waals surface area contributed by atoms with Gasteiger partial charge < -0.3 is 9.47 Å². The van der Waals surface area contributed by atoms with Gasteiger partial charge >= 0.3 is 0 Å². The number of thioether (sulfide) groups is 1. The Kier molecular flexibility index (Phi) is 6.00. The molecule has 0 amide bonds. The molecule has 0 bridgehead atoms. The van der Waals surface area contributed by atoms with Gasteiger partial charge in [-0.25, -0.2) is 4.57 Å². The highest BCUT2D eigenvalue weighted by Gasteiger charge is 2.23. The number of fused-ring (bicyclic) bond motifs is 3. The second kappa shape index (κ2) is 9.27. The topological polar surface area (TPSA) is 87.7 Å². The van der Waals surface area contributed by atoms with Gasteiger partial charge in [0.15, 0.2) is 10.9 Å². The third-order valence-corrected chi connectivity index (χ3v) is 6.77. The maximum absolute atomic E-state index is 13.5. The summed E-state index contributed by atoms with van der Waals surface area (Å²) in [5.74, 6) is 1.62. The van der Waals surface area contributed by atoms with Crippen LogP contribution in [0.4, 0.5) is 0 Å². The fourth-order valence-corrected chi connectivity index (χ4v) is 4.87. The number of benzene rings is 3. The molecule has 176 valence electrons. The lowest BCUT2D eigenvalue weighted by Gasteiger charge is -2.13. The first kappa shape index (κ1) is 22.7. The van der Waals surface area contributed by atoms with Crippen LogP contribution in [-0.2, 0) is 0 Å². The van der Waals surface area contributed by atoms with Crippen LogP contribution in [0, 0.1) is 0 Å². The SMILES string of the molecule is COc1ccc(C(=O)C(C)Sc2nnc3n(-c4cccc(OC)c4)c(=O)c4ccccc4n23)cc1. The molecule has 0 aliphatic heterocycles. The normalized spacial score (nSPS) is 12.1. The highest BCUT2D eigenvalue weighted by molar-refractivity contribution is 8.00. The lowest BCUT2D eigenvalue weighted by atomic mass is 10.1. The molecule has 0 spiro atoms. The maximum atomic E-state index is 13.5. The van der Waals surface area contributed by atoms with E-state index < -0.39 is 5.25 Å². The smallest absolute Gasteiger partial charge is 0.267 e. The number of hydrogen-bond donors (Lipinski definition) is 0. The van der Waals surface area contributed by atoms with Crippen LogP contribution in [0.1, 0.15) is 17.3 Å². The fourth-order valence-electron chi connectivity index (χ4n) is 3.94. The summed E-state index contributed by atoms with van der Waals surface area (Å²) in [7, 11) is 3.16.